The minimum Gasteiger partial charge on any atom is -0.354 e. The maximum Gasteiger partial charge on any atom is 0.243 e. The number of anilines is 1. The predicted octanol–water partition coefficient (Wildman–Crippen LogP) is 5.85. The first-order valence-corrected chi connectivity index (χ1v) is 15.9. The Kier molecular flexibility index (Phi) is 12.0. The van der Waals surface area contributed by atoms with Gasteiger partial charge in [0.15, 0.2) is 0 Å². The molecule has 3 aromatic rings. The van der Waals surface area contributed by atoms with Crippen molar-refractivity contribution in [1.29, 1.82) is 0 Å². The largest absolute Gasteiger partial charge is 0.354 e. The Balaban J connectivity index is 1.90. The minimum atomic E-state index is -3.82. The van der Waals surface area contributed by atoms with Crippen LogP contribution < -0.4 is 9.62 Å². The predicted molar refractivity (Wildman–Crippen MR) is 162 cm³/mol. The number of para-hydroxylation sites is 1. The van der Waals surface area contributed by atoms with Crippen LogP contribution in [-0.2, 0) is 32.6 Å². The van der Waals surface area contributed by atoms with Crippen LogP contribution in [0.15, 0.2) is 72.8 Å². The van der Waals surface area contributed by atoms with E-state index in [-0.39, 0.29) is 49.9 Å². The summed E-state index contributed by atoms with van der Waals surface area (Å²) in [4.78, 5) is 28.7. The lowest BCUT2D eigenvalue weighted by Gasteiger charge is -2.32. The molecule has 11 heteroatoms. The third-order valence-electron chi connectivity index (χ3n) is 6.43. The average Bonchev–Trinajstić information content (AvgIpc) is 2.94. The van der Waals surface area contributed by atoms with Crippen molar-refractivity contribution in [3.8, 4) is 0 Å². The van der Waals surface area contributed by atoms with Gasteiger partial charge < -0.3 is 10.2 Å². The van der Waals surface area contributed by atoms with Gasteiger partial charge in [-0.2, -0.15) is 0 Å². The number of amides is 2. The van der Waals surface area contributed by atoms with E-state index in [2.05, 4.69) is 5.32 Å². The number of nitrogens with zero attached hydrogens (tertiary/aromatic N) is 2. The van der Waals surface area contributed by atoms with Crippen molar-refractivity contribution < 1.29 is 22.4 Å². The van der Waals surface area contributed by atoms with Crippen molar-refractivity contribution in [3.63, 3.8) is 0 Å². The van der Waals surface area contributed by atoms with Gasteiger partial charge in [-0.15, -0.1) is 0 Å². The summed E-state index contributed by atoms with van der Waals surface area (Å²) < 4.78 is 40.4. The van der Waals surface area contributed by atoms with Gasteiger partial charge in [-0.1, -0.05) is 78.7 Å². The number of halogens is 3. The summed E-state index contributed by atoms with van der Waals surface area (Å²) in [7, 11) is -3.82. The quantitative estimate of drug-likeness (QED) is 0.245. The Bertz CT molecular complexity index is 1440. The first-order valence-electron chi connectivity index (χ1n) is 13.3. The molecule has 0 spiro atoms. The molecule has 1 N–H and O–H groups in total. The van der Waals surface area contributed by atoms with Crippen LogP contribution >= 0.6 is 23.2 Å². The van der Waals surface area contributed by atoms with E-state index in [1.807, 2.05) is 37.3 Å². The molecule has 0 aliphatic heterocycles. The van der Waals surface area contributed by atoms with Crippen molar-refractivity contribution in [3.05, 3.63) is 99.8 Å². The summed E-state index contributed by atoms with van der Waals surface area (Å²) in [5, 5.41) is 3.59. The topological polar surface area (TPSA) is 86.8 Å². The second-order valence-corrected chi connectivity index (χ2v) is 12.4. The molecule has 0 radical (unpaired) electrons. The van der Waals surface area contributed by atoms with E-state index in [0.29, 0.717) is 22.2 Å². The Morgan fingerprint density at radius 3 is 2.27 bits per heavy atom. The Morgan fingerprint density at radius 2 is 1.63 bits per heavy atom. The van der Waals surface area contributed by atoms with Crippen molar-refractivity contribution in [2.45, 2.75) is 45.2 Å². The zero-order chi connectivity index (χ0) is 30.0. The Hall–Kier alpha value is -3.14. The van der Waals surface area contributed by atoms with E-state index in [1.165, 1.54) is 23.1 Å². The van der Waals surface area contributed by atoms with Crippen LogP contribution in [0.1, 0.15) is 37.3 Å². The van der Waals surface area contributed by atoms with Crippen LogP contribution in [0.5, 0.6) is 0 Å². The van der Waals surface area contributed by atoms with Crippen LogP contribution in [0.4, 0.5) is 10.1 Å². The van der Waals surface area contributed by atoms with Crippen LogP contribution in [0.2, 0.25) is 10.0 Å². The summed E-state index contributed by atoms with van der Waals surface area (Å²) in [5.41, 5.74) is 1.47. The second-order valence-electron chi connectivity index (χ2n) is 9.66. The maximum absolute atomic E-state index is 14.4. The SMILES string of the molecule is CCCNC(=O)C(Cc1ccccc1)N(Cc1ccc(Cl)c(Cl)c1)C(=O)CCCN(c1ccccc1F)S(C)(=O)=O. The van der Waals surface area contributed by atoms with Crippen molar-refractivity contribution in [2.24, 2.45) is 0 Å². The molecule has 7 nitrogen and oxygen atoms in total. The molecule has 0 fully saturated rings. The van der Waals surface area contributed by atoms with Gasteiger partial charge in [0.1, 0.15) is 11.9 Å². The van der Waals surface area contributed by atoms with E-state index >= 15 is 0 Å². The second kappa shape index (κ2) is 15.2. The van der Waals surface area contributed by atoms with E-state index in [4.69, 9.17) is 23.2 Å². The van der Waals surface area contributed by atoms with E-state index in [1.54, 1.807) is 24.3 Å². The number of carbonyl (C=O) groups is 2. The van der Waals surface area contributed by atoms with Gasteiger partial charge in [0.25, 0.3) is 0 Å². The van der Waals surface area contributed by atoms with Crippen LogP contribution in [-0.4, -0.2) is 50.5 Å². The molecule has 0 bridgehead atoms. The number of sulfonamides is 1. The molecule has 0 aromatic heterocycles. The van der Waals surface area contributed by atoms with Gasteiger partial charge in [-0.05, 0) is 48.2 Å². The lowest BCUT2D eigenvalue weighted by molar-refractivity contribution is -0.141. The molecule has 0 aliphatic carbocycles. The summed E-state index contributed by atoms with van der Waals surface area (Å²) in [6.07, 6.45) is 2.02. The van der Waals surface area contributed by atoms with Gasteiger partial charge in [0.2, 0.25) is 21.8 Å². The Labute approximate surface area is 251 Å². The highest BCUT2D eigenvalue weighted by molar-refractivity contribution is 7.92. The summed E-state index contributed by atoms with van der Waals surface area (Å²) in [6.45, 7) is 2.35. The fourth-order valence-electron chi connectivity index (χ4n) is 4.39. The summed E-state index contributed by atoms with van der Waals surface area (Å²) in [5.74, 6) is -1.33. The Morgan fingerprint density at radius 1 is 0.951 bits per heavy atom. The maximum atomic E-state index is 14.4. The lowest BCUT2D eigenvalue weighted by atomic mass is 10.0. The lowest BCUT2D eigenvalue weighted by Crippen LogP contribution is -2.50. The van der Waals surface area contributed by atoms with E-state index < -0.39 is 21.9 Å². The van der Waals surface area contributed by atoms with Gasteiger partial charge in [0.05, 0.1) is 22.0 Å². The fraction of sp³-hybridized carbons (Fsp3) is 0.333. The van der Waals surface area contributed by atoms with Crippen LogP contribution in [0.25, 0.3) is 0 Å². The van der Waals surface area contributed by atoms with E-state index in [0.717, 1.165) is 22.5 Å². The van der Waals surface area contributed by atoms with Gasteiger partial charge in [-0.25, -0.2) is 12.8 Å². The number of benzene rings is 3. The zero-order valence-corrected chi connectivity index (χ0v) is 25.4. The first kappa shape index (κ1) is 32.4. The van der Waals surface area contributed by atoms with Gasteiger partial charge in [0, 0.05) is 32.5 Å². The minimum absolute atomic E-state index is 0.0753. The molecular formula is C30H34Cl2FN3O4S. The van der Waals surface area contributed by atoms with E-state index in [9.17, 15) is 22.4 Å². The average molecular weight is 623 g/mol. The molecule has 0 saturated heterocycles. The third kappa shape index (κ3) is 9.45. The molecule has 1 atom stereocenters. The smallest absolute Gasteiger partial charge is 0.243 e. The van der Waals surface area contributed by atoms with Crippen LogP contribution in [0.3, 0.4) is 0 Å². The molecule has 0 saturated carbocycles. The molecule has 3 rings (SSSR count). The normalized spacial score (nSPS) is 12.0. The van der Waals surface area contributed by atoms with Gasteiger partial charge in [-0.3, -0.25) is 13.9 Å². The summed E-state index contributed by atoms with van der Waals surface area (Å²) >= 11 is 12.3. The number of rotatable bonds is 14. The van der Waals surface area contributed by atoms with Crippen molar-refractivity contribution >= 4 is 50.7 Å². The summed E-state index contributed by atoms with van der Waals surface area (Å²) in [6, 6.07) is 19.1. The molecular weight excluding hydrogens is 588 g/mol. The van der Waals surface area contributed by atoms with Crippen molar-refractivity contribution in [1.82, 2.24) is 10.2 Å². The molecule has 3 aromatic carbocycles. The molecule has 1 unspecified atom stereocenters. The number of nitrogens with one attached hydrogen (secondary N) is 1. The highest BCUT2D eigenvalue weighted by Gasteiger charge is 2.30. The monoisotopic (exact) mass is 621 g/mol. The fourth-order valence-corrected chi connectivity index (χ4v) is 5.68. The number of hydrogen-bond acceptors (Lipinski definition) is 4. The molecule has 0 heterocycles. The van der Waals surface area contributed by atoms with Gasteiger partial charge >= 0.3 is 0 Å². The zero-order valence-electron chi connectivity index (χ0n) is 23.0. The molecule has 2 amide bonds. The molecule has 0 aliphatic rings. The third-order valence-corrected chi connectivity index (χ3v) is 8.35. The van der Waals surface area contributed by atoms with Crippen molar-refractivity contribution in [2.75, 3.05) is 23.7 Å². The highest BCUT2D eigenvalue weighted by atomic mass is 35.5. The van der Waals surface area contributed by atoms with Crippen LogP contribution in [0, 0.1) is 5.82 Å². The standard InChI is InChI=1S/C30H34Cl2FN3O4S/c1-3-17-34-30(38)28(20-22-10-5-4-6-11-22)35(21-23-15-16-24(31)25(32)19-23)29(37)14-9-18-36(41(2,39)40)27-13-8-7-12-26(27)33/h4-8,10-13,15-16,19,28H,3,9,14,17-18,20-21H2,1-2H3,(H,34,38). The number of carbonyl (C=O) groups excluding carboxylic acids is 2. The number of hydrogen-bond donors (Lipinski definition) is 1. The molecule has 41 heavy (non-hydrogen) atoms. The first-order chi connectivity index (χ1) is 19.5. The highest BCUT2D eigenvalue weighted by Crippen LogP contribution is 2.25. The molecule has 220 valence electrons.